The first-order chi connectivity index (χ1) is 15.5. The summed E-state index contributed by atoms with van der Waals surface area (Å²) in [5, 5.41) is 6.08. The molecule has 8 heteroatoms. The first-order valence-corrected chi connectivity index (χ1v) is 11.5. The molecule has 1 atom stereocenters. The highest BCUT2D eigenvalue weighted by atomic mass is 16.2. The second-order valence-corrected chi connectivity index (χ2v) is 8.87. The minimum atomic E-state index is -0.175. The molecule has 4 rings (SSSR count). The molecule has 1 aromatic carbocycles. The van der Waals surface area contributed by atoms with Crippen molar-refractivity contribution in [2.45, 2.75) is 57.9 Å². The van der Waals surface area contributed by atoms with Crippen LogP contribution in [0.25, 0.3) is 0 Å². The normalized spacial score (nSPS) is 19.4. The van der Waals surface area contributed by atoms with Crippen molar-refractivity contribution in [1.82, 2.24) is 15.3 Å². The van der Waals surface area contributed by atoms with Crippen molar-refractivity contribution < 1.29 is 9.59 Å². The molecular weight excluding hydrogens is 406 g/mol. The number of hydrogen-bond donors (Lipinski definition) is 3. The fourth-order valence-electron chi connectivity index (χ4n) is 4.62. The molecule has 1 saturated heterocycles. The van der Waals surface area contributed by atoms with Crippen LogP contribution in [0.4, 0.5) is 11.6 Å². The Labute approximate surface area is 187 Å². The van der Waals surface area contributed by atoms with Gasteiger partial charge in [0, 0.05) is 48.1 Å². The van der Waals surface area contributed by atoms with Crippen LogP contribution < -0.4 is 21.1 Å². The van der Waals surface area contributed by atoms with Crippen LogP contribution in [0.5, 0.6) is 0 Å². The number of rotatable bonds is 5. The Bertz CT molecular complexity index is 1030. The van der Waals surface area contributed by atoms with E-state index in [4.69, 9.17) is 0 Å². The highest BCUT2D eigenvalue weighted by Gasteiger charge is 2.24. The number of H-pyrrole nitrogens is 1. The van der Waals surface area contributed by atoms with Crippen LogP contribution in [0, 0.1) is 12.8 Å². The number of carbonyl (C=O) groups is 2. The molecular formula is C24H31N5O3. The predicted octanol–water partition coefficient (Wildman–Crippen LogP) is 3.00. The second kappa shape index (κ2) is 9.97. The molecule has 1 unspecified atom stereocenters. The van der Waals surface area contributed by atoms with E-state index < -0.39 is 0 Å². The lowest BCUT2D eigenvalue weighted by Crippen LogP contribution is -2.48. The number of carbonyl (C=O) groups excluding carboxylic acids is 2. The lowest BCUT2D eigenvalue weighted by molar-refractivity contribution is -0.120. The van der Waals surface area contributed by atoms with Gasteiger partial charge in [0.2, 0.25) is 11.9 Å². The van der Waals surface area contributed by atoms with Gasteiger partial charge >= 0.3 is 0 Å². The summed E-state index contributed by atoms with van der Waals surface area (Å²) in [6, 6.07) is 8.51. The fourth-order valence-corrected chi connectivity index (χ4v) is 4.62. The van der Waals surface area contributed by atoms with E-state index in [1.807, 2.05) is 11.0 Å². The van der Waals surface area contributed by atoms with Crippen LogP contribution in [-0.2, 0) is 4.79 Å². The minimum Gasteiger partial charge on any atom is -0.348 e. The van der Waals surface area contributed by atoms with Crippen LogP contribution in [0.1, 0.15) is 61.0 Å². The topological polar surface area (TPSA) is 107 Å². The molecule has 2 aromatic rings. The number of aromatic nitrogens is 2. The van der Waals surface area contributed by atoms with Gasteiger partial charge < -0.3 is 15.5 Å². The molecule has 0 bridgehead atoms. The number of anilines is 2. The molecule has 2 aliphatic rings. The van der Waals surface area contributed by atoms with Gasteiger partial charge in [-0.05, 0) is 50.8 Å². The number of aromatic amines is 1. The van der Waals surface area contributed by atoms with Crippen LogP contribution in [0.15, 0.2) is 35.1 Å². The lowest BCUT2D eigenvalue weighted by Gasteiger charge is -2.33. The maximum Gasteiger partial charge on any atom is 0.252 e. The fraction of sp³-hybridized carbons (Fsp3) is 0.500. The average Bonchev–Trinajstić information content (AvgIpc) is 2.79. The molecule has 3 N–H and O–H groups in total. The first-order valence-electron chi connectivity index (χ1n) is 11.5. The van der Waals surface area contributed by atoms with Gasteiger partial charge in [-0.3, -0.25) is 19.4 Å². The van der Waals surface area contributed by atoms with Gasteiger partial charge in [0.15, 0.2) is 0 Å². The molecule has 1 aliphatic heterocycles. The van der Waals surface area contributed by atoms with Crippen molar-refractivity contribution in [3.05, 3.63) is 51.9 Å². The monoisotopic (exact) mass is 437 g/mol. The average molecular weight is 438 g/mol. The van der Waals surface area contributed by atoms with Gasteiger partial charge in [-0.2, -0.15) is 0 Å². The molecule has 1 aromatic heterocycles. The smallest absolute Gasteiger partial charge is 0.252 e. The van der Waals surface area contributed by atoms with Crippen molar-refractivity contribution in [2.24, 2.45) is 5.92 Å². The summed E-state index contributed by atoms with van der Waals surface area (Å²) in [6.07, 6.45) is 7.02. The Kier molecular flexibility index (Phi) is 6.87. The summed E-state index contributed by atoms with van der Waals surface area (Å²) in [7, 11) is 0. The third kappa shape index (κ3) is 5.55. The van der Waals surface area contributed by atoms with Crippen molar-refractivity contribution >= 4 is 23.5 Å². The summed E-state index contributed by atoms with van der Waals surface area (Å²) in [4.78, 5) is 46.4. The number of aryl methyl sites for hydroxylation is 1. The molecule has 32 heavy (non-hydrogen) atoms. The molecule has 8 nitrogen and oxygen atoms in total. The number of piperidine rings is 1. The molecule has 0 radical (unpaired) electrons. The van der Waals surface area contributed by atoms with Crippen molar-refractivity contribution in [1.29, 1.82) is 0 Å². The maximum atomic E-state index is 12.9. The van der Waals surface area contributed by atoms with Crippen LogP contribution in [-0.4, -0.2) is 40.9 Å². The van der Waals surface area contributed by atoms with Crippen LogP contribution >= 0.6 is 0 Å². The quantitative estimate of drug-likeness (QED) is 0.667. The Morgan fingerprint density at radius 2 is 1.91 bits per heavy atom. The molecule has 2 heterocycles. The van der Waals surface area contributed by atoms with E-state index in [-0.39, 0.29) is 29.3 Å². The second-order valence-electron chi connectivity index (χ2n) is 8.87. The first kappa shape index (κ1) is 22.0. The third-order valence-corrected chi connectivity index (χ3v) is 6.28. The van der Waals surface area contributed by atoms with Crippen LogP contribution in [0.3, 0.4) is 0 Å². The summed E-state index contributed by atoms with van der Waals surface area (Å²) in [5.41, 5.74) is 1.67. The zero-order valence-corrected chi connectivity index (χ0v) is 18.5. The number of hydrogen-bond acceptors (Lipinski definition) is 5. The highest BCUT2D eigenvalue weighted by Crippen LogP contribution is 2.25. The zero-order chi connectivity index (χ0) is 22.5. The highest BCUT2D eigenvalue weighted by molar-refractivity contribution is 5.97. The predicted molar refractivity (Wildman–Crippen MR) is 124 cm³/mol. The zero-order valence-electron chi connectivity index (χ0n) is 18.5. The number of amides is 2. The van der Waals surface area contributed by atoms with E-state index in [9.17, 15) is 14.4 Å². The summed E-state index contributed by atoms with van der Waals surface area (Å²) in [6.45, 7) is 3.15. The molecule has 1 saturated carbocycles. The van der Waals surface area contributed by atoms with Gasteiger partial charge in [-0.25, -0.2) is 4.98 Å². The Hall–Kier alpha value is -3.16. The Balaban J connectivity index is 1.37. The van der Waals surface area contributed by atoms with Crippen LogP contribution in [0.2, 0.25) is 0 Å². The molecule has 2 fully saturated rings. The number of nitrogens with one attached hydrogen (secondary N) is 3. The number of nitrogens with zero attached hydrogens (tertiary/aromatic N) is 2. The molecule has 2 amide bonds. The Morgan fingerprint density at radius 1 is 1.09 bits per heavy atom. The summed E-state index contributed by atoms with van der Waals surface area (Å²) >= 11 is 0. The molecule has 170 valence electrons. The number of benzene rings is 1. The standard InChI is InChI=1S/C24H31N5O3/c1-16-13-21(30)28-24(25-16)29-12-6-11-20(15-29)27-23(32)18-9-5-10-19(14-18)26-22(31)17-7-3-2-4-8-17/h5,9-10,13-14,17,20H,2-4,6-8,11-12,15H2,1H3,(H,26,31)(H,27,32)(H,25,28,30). The van der Waals surface area contributed by atoms with E-state index in [1.54, 1.807) is 25.1 Å². The van der Waals surface area contributed by atoms with E-state index in [1.165, 1.54) is 12.5 Å². The molecule has 0 spiro atoms. The minimum absolute atomic E-state index is 0.0461. The van der Waals surface area contributed by atoms with Crippen molar-refractivity contribution in [3.63, 3.8) is 0 Å². The van der Waals surface area contributed by atoms with E-state index in [0.717, 1.165) is 45.1 Å². The lowest BCUT2D eigenvalue weighted by atomic mass is 9.88. The molecule has 1 aliphatic carbocycles. The third-order valence-electron chi connectivity index (χ3n) is 6.28. The SMILES string of the molecule is Cc1cc(=O)[nH]c(N2CCCC(NC(=O)c3cccc(NC(=O)C4CCCCC4)c3)C2)n1. The van der Waals surface area contributed by atoms with Gasteiger partial charge in [0.25, 0.3) is 11.5 Å². The van der Waals surface area contributed by atoms with E-state index >= 15 is 0 Å². The Morgan fingerprint density at radius 3 is 2.69 bits per heavy atom. The van der Waals surface area contributed by atoms with Gasteiger partial charge in [0.1, 0.15) is 0 Å². The van der Waals surface area contributed by atoms with Crippen molar-refractivity contribution in [2.75, 3.05) is 23.3 Å². The van der Waals surface area contributed by atoms with Crippen molar-refractivity contribution in [3.8, 4) is 0 Å². The summed E-state index contributed by atoms with van der Waals surface area (Å²) < 4.78 is 0. The summed E-state index contributed by atoms with van der Waals surface area (Å²) in [5.74, 6) is 0.485. The van der Waals surface area contributed by atoms with E-state index in [0.29, 0.717) is 29.4 Å². The van der Waals surface area contributed by atoms with E-state index in [2.05, 4.69) is 20.6 Å². The maximum absolute atomic E-state index is 12.9. The van der Waals surface area contributed by atoms with Gasteiger partial charge in [-0.15, -0.1) is 0 Å². The van der Waals surface area contributed by atoms with Gasteiger partial charge in [0.05, 0.1) is 0 Å². The van der Waals surface area contributed by atoms with Gasteiger partial charge in [-0.1, -0.05) is 25.3 Å². The largest absolute Gasteiger partial charge is 0.348 e.